The van der Waals surface area contributed by atoms with Gasteiger partial charge in [0.1, 0.15) is 5.03 Å². The largest absolute Gasteiger partial charge is 0.476 e. The van der Waals surface area contributed by atoms with E-state index in [1.807, 2.05) is 24.3 Å². The fraction of sp³-hybridized carbons (Fsp3) is 0. The molecule has 0 amide bonds. The number of para-hydroxylation sites is 1. The number of carboxylic acid groups (broad SMARTS) is 1. The van der Waals surface area contributed by atoms with E-state index in [-0.39, 0.29) is 5.69 Å². The van der Waals surface area contributed by atoms with Crippen molar-refractivity contribution in [2.45, 2.75) is 9.37 Å². The second-order valence-corrected chi connectivity index (χ2v) is 5.83. The van der Waals surface area contributed by atoms with Gasteiger partial charge in [-0.25, -0.2) is 19.7 Å². The number of carbonyl (C=O) groups is 1. The van der Waals surface area contributed by atoms with Crippen LogP contribution in [0.25, 0.3) is 10.2 Å². The lowest BCUT2D eigenvalue weighted by molar-refractivity contribution is 0.0685. The van der Waals surface area contributed by atoms with Crippen molar-refractivity contribution in [3.63, 3.8) is 0 Å². The van der Waals surface area contributed by atoms with Crippen LogP contribution in [0.3, 0.4) is 0 Å². The molecule has 0 saturated carbocycles. The van der Waals surface area contributed by atoms with Gasteiger partial charge in [0.15, 0.2) is 10.0 Å². The predicted molar refractivity (Wildman–Crippen MR) is 72.7 cm³/mol. The lowest BCUT2D eigenvalue weighted by Crippen LogP contribution is -2.03. The van der Waals surface area contributed by atoms with Crippen LogP contribution < -0.4 is 0 Å². The number of nitrogens with zero attached hydrogens (tertiary/aromatic N) is 3. The minimum atomic E-state index is -1.09. The Kier molecular flexibility index (Phi) is 3.14. The molecule has 0 atom stereocenters. The van der Waals surface area contributed by atoms with Crippen LogP contribution in [0.15, 0.2) is 46.0 Å². The smallest absolute Gasteiger partial charge is 0.357 e. The summed E-state index contributed by atoms with van der Waals surface area (Å²) in [6, 6.07) is 7.76. The van der Waals surface area contributed by atoms with Crippen LogP contribution in [0.1, 0.15) is 10.5 Å². The molecule has 2 heterocycles. The summed E-state index contributed by atoms with van der Waals surface area (Å²) in [6.45, 7) is 0. The molecule has 0 fully saturated rings. The standard InChI is InChI=1S/C12H7N3O2S2/c16-11(17)9-10(14-6-5-13-9)19-12-15-7-3-1-2-4-8(7)18-12/h1-6H,(H,16,17). The van der Waals surface area contributed by atoms with Gasteiger partial charge in [0.2, 0.25) is 0 Å². The Bertz CT molecular complexity index is 724. The third kappa shape index (κ3) is 2.42. The summed E-state index contributed by atoms with van der Waals surface area (Å²) < 4.78 is 1.81. The van der Waals surface area contributed by atoms with E-state index in [1.165, 1.54) is 35.5 Å². The Morgan fingerprint density at radius 3 is 2.79 bits per heavy atom. The summed E-state index contributed by atoms with van der Waals surface area (Å²) in [5.41, 5.74) is 0.850. The highest BCUT2D eigenvalue weighted by Gasteiger charge is 2.15. The van der Waals surface area contributed by atoms with E-state index in [0.717, 1.165) is 14.6 Å². The lowest BCUT2D eigenvalue weighted by Gasteiger charge is -1.99. The van der Waals surface area contributed by atoms with E-state index in [2.05, 4.69) is 15.0 Å². The maximum Gasteiger partial charge on any atom is 0.357 e. The number of rotatable bonds is 3. The highest BCUT2D eigenvalue weighted by Crippen LogP contribution is 2.34. The SMILES string of the molecule is O=C(O)c1nccnc1Sc1nc2ccccc2s1. The molecule has 94 valence electrons. The van der Waals surface area contributed by atoms with Gasteiger partial charge in [-0.1, -0.05) is 12.1 Å². The van der Waals surface area contributed by atoms with Gasteiger partial charge in [0.05, 0.1) is 10.2 Å². The van der Waals surface area contributed by atoms with E-state index in [9.17, 15) is 4.79 Å². The van der Waals surface area contributed by atoms with Crippen LogP contribution in [-0.4, -0.2) is 26.0 Å². The van der Waals surface area contributed by atoms with Crippen LogP contribution in [0.4, 0.5) is 0 Å². The fourth-order valence-corrected chi connectivity index (χ4v) is 3.55. The molecule has 3 rings (SSSR count). The van der Waals surface area contributed by atoms with Crippen molar-refractivity contribution in [2.24, 2.45) is 0 Å². The predicted octanol–water partition coefficient (Wildman–Crippen LogP) is 2.94. The van der Waals surface area contributed by atoms with Crippen LogP contribution in [-0.2, 0) is 0 Å². The number of hydrogen-bond acceptors (Lipinski definition) is 6. The number of thiazole rings is 1. The molecule has 1 N–H and O–H groups in total. The van der Waals surface area contributed by atoms with Crippen molar-refractivity contribution in [3.05, 3.63) is 42.4 Å². The Hall–Kier alpha value is -1.99. The summed E-state index contributed by atoms with van der Waals surface area (Å²) in [5.74, 6) is -1.09. The molecule has 2 aromatic heterocycles. The average Bonchev–Trinajstić information content (AvgIpc) is 2.81. The van der Waals surface area contributed by atoms with Crippen LogP contribution in [0.2, 0.25) is 0 Å². The first-order valence-electron chi connectivity index (χ1n) is 5.32. The first kappa shape index (κ1) is 12.1. The molecule has 1 aromatic carbocycles. The highest BCUT2D eigenvalue weighted by molar-refractivity contribution is 8.01. The first-order chi connectivity index (χ1) is 9.24. The van der Waals surface area contributed by atoms with Gasteiger partial charge in [-0.15, -0.1) is 11.3 Å². The zero-order valence-electron chi connectivity index (χ0n) is 9.48. The summed E-state index contributed by atoms with van der Waals surface area (Å²) in [5, 5.41) is 9.41. The van der Waals surface area contributed by atoms with Gasteiger partial charge in [-0.3, -0.25) is 0 Å². The number of fused-ring (bicyclic) bond motifs is 1. The average molecular weight is 289 g/mol. The molecule has 7 heteroatoms. The summed E-state index contributed by atoms with van der Waals surface area (Å²) in [6.07, 6.45) is 2.84. The van der Waals surface area contributed by atoms with E-state index in [1.54, 1.807) is 0 Å². The Balaban J connectivity index is 1.99. The van der Waals surface area contributed by atoms with Crippen molar-refractivity contribution in [1.29, 1.82) is 0 Å². The van der Waals surface area contributed by atoms with E-state index >= 15 is 0 Å². The molecule has 0 unspecified atom stereocenters. The Morgan fingerprint density at radius 1 is 1.21 bits per heavy atom. The molecule has 0 aliphatic rings. The Labute approximate surface area is 116 Å². The zero-order valence-corrected chi connectivity index (χ0v) is 11.1. The maximum atomic E-state index is 11.1. The number of aromatic nitrogens is 3. The van der Waals surface area contributed by atoms with Gasteiger partial charge < -0.3 is 5.11 Å². The van der Waals surface area contributed by atoms with E-state index in [4.69, 9.17) is 5.11 Å². The third-order valence-corrected chi connectivity index (χ3v) is 4.41. The van der Waals surface area contributed by atoms with Gasteiger partial charge in [-0.2, -0.15) is 0 Å². The fourth-order valence-electron chi connectivity index (χ4n) is 1.52. The van der Waals surface area contributed by atoms with Crippen molar-refractivity contribution in [1.82, 2.24) is 15.0 Å². The summed E-state index contributed by atoms with van der Waals surface area (Å²) in [4.78, 5) is 23.4. The molecule has 3 aromatic rings. The zero-order chi connectivity index (χ0) is 13.2. The third-order valence-electron chi connectivity index (χ3n) is 2.33. The lowest BCUT2D eigenvalue weighted by atomic mass is 10.3. The number of hydrogen-bond donors (Lipinski definition) is 1. The maximum absolute atomic E-state index is 11.1. The van der Waals surface area contributed by atoms with Gasteiger partial charge in [0.25, 0.3) is 0 Å². The van der Waals surface area contributed by atoms with Crippen LogP contribution in [0.5, 0.6) is 0 Å². The molecule has 0 bridgehead atoms. The normalized spacial score (nSPS) is 10.7. The second kappa shape index (κ2) is 4.94. The van der Waals surface area contributed by atoms with Gasteiger partial charge >= 0.3 is 5.97 Å². The molecule has 19 heavy (non-hydrogen) atoms. The molecule has 0 aliphatic heterocycles. The Morgan fingerprint density at radius 2 is 2.00 bits per heavy atom. The summed E-state index contributed by atoms with van der Waals surface area (Å²) in [7, 11) is 0. The molecular weight excluding hydrogens is 282 g/mol. The molecular formula is C12H7N3O2S2. The van der Waals surface area contributed by atoms with Crippen LogP contribution in [0, 0.1) is 0 Å². The minimum absolute atomic E-state index is 0.0493. The van der Waals surface area contributed by atoms with Crippen molar-refractivity contribution >= 4 is 39.3 Å². The number of benzene rings is 1. The number of aromatic carboxylic acids is 1. The molecule has 0 spiro atoms. The topological polar surface area (TPSA) is 76.0 Å². The number of carboxylic acids is 1. The van der Waals surface area contributed by atoms with Crippen molar-refractivity contribution < 1.29 is 9.90 Å². The van der Waals surface area contributed by atoms with Crippen molar-refractivity contribution in [3.8, 4) is 0 Å². The molecule has 0 radical (unpaired) electrons. The van der Waals surface area contributed by atoms with Gasteiger partial charge in [-0.05, 0) is 23.9 Å². The first-order valence-corrected chi connectivity index (χ1v) is 6.95. The van der Waals surface area contributed by atoms with Crippen molar-refractivity contribution in [2.75, 3.05) is 0 Å². The second-order valence-electron chi connectivity index (χ2n) is 3.56. The highest BCUT2D eigenvalue weighted by atomic mass is 32.2. The quantitative estimate of drug-likeness (QED) is 0.799. The van der Waals surface area contributed by atoms with Crippen LogP contribution >= 0.6 is 23.1 Å². The molecule has 0 aliphatic carbocycles. The van der Waals surface area contributed by atoms with Gasteiger partial charge in [0, 0.05) is 12.4 Å². The summed E-state index contributed by atoms with van der Waals surface area (Å²) >= 11 is 2.72. The monoisotopic (exact) mass is 289 g/mol. The molecule has 0 saturated heterocycles. The minimum Gasteiger partial charge on any atom is -0.476 e. The van der Waals surface area contributed by atoms with E-state index in [0.29, 0.717) is 5.03 Å². The van der Waals surface area contributed by atoms with E-state index < -0.39 is 5.97 Å². The molecule has 5 nitrogen and oxygen atoms in total.